The molecule has 6 heteroatoms. The van der Waals surface area contributed by atoms with E-state index in [1.165, 1.54) is 23.2 Å². The Morgan fingerprint density at radius 3 is 2.71 bits per heavy atom. The topological polar surface area (TPSA) is 59.5 Å². The summed E-state index contributed by atoms with van der Waals surface area (Å²) in [5, 5.41) is 0. The highest BCUT2D eigenvalue weighted by Gasteiger charge is 2.37. The number of aromatic nitrogens is 1. The number of hydrogen-bond donors (Lipinski definition) is 0. The molecule has 1 atom stereocenters. The lowest BCUT2D eigenvalue weighted by Gasteiger charge is -2.35. The van der Waals surface area contributed by atoms with E-state index in [4.69, 9.17) is 4.74 Å². The van der Waals surface area contributed by atoms with Gasteiger partial charge in [-0.15, -0.1) is 0 Å². The van der Waals surface area contributed by atoms with Crippen LogP contribution in [-0.4, -0.2) is 34.4 Å². The van der Waals surface area contributed by atoms with Crippen LogP contribution in [0.5, 0.6) is 0 Å². The third-order valence-corrected chi connectivity index (χ3v) is 4.03. The van der Waals surface area contributed by atoms with Crippen LogP contribution >= 0.6 is 0 Å². The lowest BCUT2D eigenvalue weighted by Crippen LogP contribution is -2.49. The van der Waals surface area contributed by atoms with Gasteiger partial charge in [-0.3, -0.25) is 4.79 Å². The monoisotopic (exact) mass is 328 g/mol. The zero-order valence-corrected chi connectivity index (χ0v) is 13.2. The van der Waals surface area contributed by atoms with Gasteiger partial charge in [-0.05, 0) is 30.2 Å². The van der Waals surface area contributed by atoms with Crippen LogP contribution in [0.15, 0.2) is 42.6 Å². The van der Waals surface area contributed by atoms with Gasteiger partial charge in [0.05, 0.1) is 6.61 Å². The molecule has 1 aliphatic rings. The molecular weight excluding hydrogens is 311 g/mol. The van der Waals surface area contributed by atoms with Crippen molar-refractivity contribution in [2.75, 3.05) is 6.61 Å². The summed E-state index contributed by atoms with van der Waals surface area (Å²) in [5.74, 6) is -1.80. The second kappa shape index (κ2) is 6.78. The van der Waals surface area contributed by atoms with Crippen LogP contribution in [-0.2, 0) is 22.5 Å². The zero-order valence-electron chi connectivity index (χ0n) is 13.2. The van der Waals surface area contributed by atoms with Gasteiger partial charge in [-0.25, -0.2) is 14.2 Å². The molecule has 1 aromatic heterocycles. The Labute approximate surface area is 139 Å². The fraction of sp³-hybridized carbons (Fsp3) is 0.278. The quantitative estimate of drug-likeness (QED) is 0.812. The molecular formula is C18H17FN2O3. The average Bonchev–Trinajstić information content (AvgIpc) is 2.60. The summed E-state index contributed by atoms with van der Waals surface area (Å²) < 4.78 is 19.0. The minimum atomic E-state index is -0.784. The first-order chi connectivity index (χ1) is 11.6. The summed E-state index contributed by atoms with van der Waals surface area (Å²) in [6.07, 6.45) is 1.70. The van der Waals surface area contributed by atoms with Crippen LogP contribution in [0.3, 0.4) is 0 Å². The number of hydrogen-bond acceptors (Lipinski definition) is 4. The number of nitrogens with zero attached hydrogens (tertiary/aromatic N) is 2. The molecule has 0 N–H and O–H groups in total. The fourth-order valence-electron chi connectivity index (χ4n) is 2.86. The molecule has 2 aromatic rings. The van der Waals surface area contributed by atoms with Gasteiger partial charge >= 0.3 is 5.97 Å². The Balaban J connectivity index is 1.97. The number of rotatable bonds is 3. The Morgan fingerprint density at radius 2 is 2.00 bits per heavy atom. The van der Waals surface area contributed by atoms with E-state index in [0.29, 0.717) is 6.42 Å². The SMILES string of the molecule is CCOC(=O)C1Cc2ccccc2CN1C(=O)c1ncccc1F. The Kier molecular flexibility index (Phi) is 4.55. The number of pyridine rings is 1. The summed E-state index contributed by atoms with van der Waals surface area (Å²) >= 11 is 0. The number of fused-ring (bicyclic) bond motifs is 1. The molecule has 0 saturated carbocycles. The molecule has 0 fully saturated rings. The van der Waals surface area contributed by atoms with E-state index in [9.17, 15) is 14.0 Å². The first-order valence-electron chi connectivity index (χ1n) is 7.76. The maximum Gasteiger partial charge on any atom is 0.329 e. The summed E-state index contributed by atoms with van der Waals surface area (Å²) in [5.41, 5.74) is 1.63. The second-order valence-electron chi connectivity index (χ2n) is 5.51. The van der Waals surface area contributed by atoms with Crippen molar-refractivity contribution in [1.29, 1.82) is 0 Å². The van der Waals surface area contributed by atoms with E-state index in [2.05, 4.69) is 4.98 Å². The van der Waals surface area contributed by atoms with Crippen LogP contribution < -0.4 is 0 Å². The van der Waals surface area contributed by atoms with E-state index in [-0.39, 0.29) is 18.8 Å². The second-order valence-corrected chi connectivity index (χ2v) is 5.51. The van der Waals surface area contributed by atoms with E-state index < -0.39 is 23.7 Å². The van der Waals surface area contributed by atoms with Crippen LogP contribution in [0.4, 0.5) is 4.39 Å². The highest BCUT2D eigenvalue weighted by molar-refractivity contribution is 5.95. The average molecular weight is 328 g/mol. The molecule has 1 aromatic carbocycles. The fourth-order valence-corrected chi connectivity index (χ4v) is 2.86. The third-order valence-electron chi connectivity index (χ3n) is 4.03. The molecule has 0 saturated heterocycles. The van der Waals surface area contributed by atoms with E-state index in [0.717, 1.165) is 11.1 Å². The van der Waals surface area contributed by atoms with Crippen molar-refractivity contribution in [3.8, 4) is 0 Å². The minimum Gasteiger partial charge on any atom is -0.464 e. The zero-order chi connectivity index (χ0) is 17.1. The standard InChI is InChI=1S/C18H17FN2O3/c1-2-24-18(23)15-10-12-6-3-4-7-13(12)11-21(15)17(22)16-14(19)8-5-9-20-16/h3-9,15H,2,10-11H2,1H3. The normalized spacial score (nSPS) is 16.4. The predicted molar refractivity (Wildman–Crippen MR) is 84.6 cm³/mol. The molecule has 1 amide bonds. The number of amides is 1. The van der Waals surface area contributed by atoms with Crippen molar-refractivity contribution in [1.82, 2.24) is 9.88 Å². The van der Waals surface area contributed by atoms with Crippen molar-refractivity contribution in [3.05, 3.63) is 65.2 Å². The molecule has 5 nitrogen and oxygen atoms in total. The highest BCUT2D eigenvalue weighted by Crippen LogP contribution is 2.26. The van der Waals surface area contributed by atoms with Crippen molar-refractivity contribution in [2.24, 2.45) is 0 Å². The molecule has 3 rings (SSSR count). The molecule has 0 bridgehead atoms. The lowest BCUT2D eigenvalue weighted by atomic mass is 9.93. The number of carbonyl (C=O) groups excluding carboxylic acids is 2. The van der Waals surface area contributed by atoms with E-state index in [1.54, 1.807) is 6.92 Å². The van der Waals surface area contributed by atoms with Crippen molar-refractivity contribution in [3.63, 3.8) is 0 Å². The number of esters is 1. The number of halogens is 1. The Bertz CT molecular complexity index is 778. The first kappa shape index (κ1) is 16.1. The van der Waals surface area contributed by atoms with Crippen LogP contribution in [0.2, 0.25) is 0 Å². The van der Waals surface area contributed by atoms with Gasteiger partial charge < -0.3 is 9.64 Å². The van der Waals surface area contributed by atoms with E-state index >= 15 is 0 Å². The highest BCUT2D eigenvalue weighted by atomic mass is 19.1. The number of carbonyl (C=O) groups is 2. The largest absolute Gasteiger partial charge is 0.464 e. The van der Waals surface area contributed by atoms with Crippen LogP contribution in [0.25, 0.3) is 0 Å². The van der Waals surface area contributed by atoms with Gasteiger partial charge in [0.1, 0.15) is 6.04 Å². The van der Waals surface area contributed by atoms with Gasteiger partial charge in [0.25, 0.3) is 5.91 Å². The van der Waals surface area contributed by atoms with E-state index in [1.807, 2.05) is 24.3 Å². The molecule has 0 radical (unpaired) electrons. The smallest absolute Gasteiger partial charge is 0.329 e. The molecule has 1 aliphatic heterocycles. The molecule has 0 aliphatic carbocycles. The van der Waals surface area contributed by atoms with Crippen molar-refractivity contribution in [2.45, 2.75) is 25.9 Å². The summed E-state index contributed by atoms with van der Waals surface area (Å²) in [7, 11) is 0. The minimum absolute atomic E-state index is 0.217. The maximum atomic E-state index is 13.9. The van der Waals surface area contributed by atoms with Gasteiger partial charge in [0.15, 0.2) is 11.5 Å². The predicted octanol–water partition coefficient (Wildman–Crippen LogP) is 2.35. The van der Waals surface area contributed by atoms with Gasteiger partial charge in [-0.1, -0.05) is 24.3 Å². The van der Waals surface area contributed by atoms with Crippen molar-refractivity contribution < 1.29 is 18.7 Å². The first-order valence-corrected chi connectivity index (χ1v) is 7.76. The molecule has 1 unspecified atom stereocenters. The lowest BCUT2D eigenvalue weighted by molar-refractivity contribution is -0.149. The van der Waals surface area contributed by atoms with Crippen molar-refractivity contribution >= 4 is 11.9 Å². The number of ether oxygens (including phenoxy) is 1. The van der Waals surface area contributed by atoms with Crippen LogP contribution in [0.1, 0.15) is 28.5 Å². The van der Waals surface area contributed by atoms with Crippen LogP contribution in [0, 0.1) is 5.82 Å². The van der Waals surface area contributed by atoms with Gasteiger partial charge in [-0.2, -0.15) is 0 Å². The number of benzene rings is 1. The molecule has 2 heterocycles. The molecule has 0 spiro atoms. The molecule has 124 valence electrons. The Hall–Kier alpha value is -2.76. The third kappa shape index (κ3) is 2.99. The summed E-state index contributed by atoms with van der Waals surface area (Å²) in [6, 6.07) is 9.38. The summed E-state index contributed by atoms with van der Waals surface area (Å²) in [6.45, 7) is 2.14. The summed E-state index contributed by atoms with van der Waals surface area (Å²) in [4.78, 5) is 30.2. The molecule has 24 heavy (non-hydrogen) atoms. The van der Waals surface area contributed by atoms with Gasteiger partial charge in [0, 0.05) is 19.2 Å². The Morgan fingerprint density at radius 1 is 1.25 bits per heavy atom. The maximum absolute atomic E-state index is 13.9. The van der Waals surface area contributed by atoms with Gasteiger partial charge in [0.2, 0.25) is 0 Å².